The van der Waals surface area contributed by atoms with Crippen LogP contribution in [0.25, 0.3) is 0 Å². The summed E-state index contributed by atoms with van der Waals surface area (Å²) in [6, 6.07) is 12.5. The van der Waals surface area contributed by atoms with Crippen LogP contribution in [0.1, 0.15) is 43.4 Å². The molecule has 1 aliphatic rings. The van der Waals surface area contributed by atoms with Crippen LogP contribution >= 0.6 is 0 Å². The molecule has 144 valence electrons. The summed E-state index contributed by atoms with van der Waals surface area (Å²) in [4.78, 5) is 25.1. The molecule has 1 aromatic heterocycles. The summed E-state index contributed by atoms with van der Waals surface area (Å²) in [7, 11) is 0. The Morgan fingerprint density at radius 3 is 2.52 bits per heavy atom. The molecule has 2 aromatic rings. The molecule has 0 unspecified atom stereocenters. The number of nitrogens with one attached hydrogen (secondary N) is 3. The number of hydrogen-bond acceptors (Lipinski definition) is 3. The van der Waals surface area contributed by atoms with E-state index in [-0.39, 0.29) is 18.0 Å². The van der Waals surface area contributed by atoms with Crippen molar-refractivity contribution in [2.24, 2.45) is 0 Å². The fourth-order valence-electron chi connectivity index (χ4n) is 3.40. The van der Waals surface area contributed by atoms with Crippen LogP contribution in [0.2, 0.25) is 0 Å². The topological polar surface area (TPSA) is 83.4 Å². The Morgan fingerprint density at radius 2 is 1.81 bits per heavy atom. The van der Waals surface area contributed by atoms with Crippen LogP contribution in [0.4, 0.5) is 4.79 Å². The molecule has 1 atom stereocenters. The zero-order valence-corrected chi connectivity index (χ0v) is 15.4. The molecule has 1 saturated carbocycles. The van der Waals surface area contributed by atoms with Gasteiger partial charge in [-0.1, -0.05) is 49.6 Å². The Morgan fingerprint density at radius 1 is 1.04 bits per heavy atom. The molecule has 0 saturated heterocycles. The Kier molecular flexibility index (Phi) is 6.90. The Balaban J connectivity index is 1.59. The molecule has 0 spiro atoms. The van der Waals surface area contributed by atoms with Gasteiger partial charge in [-0.25, -0.2) is 4.79 Å². The lowest BCUT2D eigenvalue weighted by molar-refractivity contribution is -0.123. The molecule has 3 rings (SSSR count). The molecule has 3 amide bonds. The maximum absolute atomic E-state index is 12.7. The monoisotopic (exact) mass is 369 g/mol. The molecule has 6 heteroatoms. The number of carbonyl (C=O) groups is 2. The Hall–Kier alpha value is -2.76. The number of hydrogen-bond donors (Lipinski definition) is 3. The van der Waals surface area contributed by atoms with Gasteiger partial charge in [0, 0.05) is 12.5 Å². The van der Waals surface area contributed by atoms with Gasteiger partial charge in [0.2, 0.25) is 5.91 Å². The van der Waals surface area contributed by atoms with E-state index in [9.17, 15) is 9.59 Å². The SMILES string of the molecule is O=C(NC1CCCCC1)N[C@H](Cc1ccccc1)C(=O)NCc1ccco1. The van der Waals surface area contributed by atoms with Gasteiger partial charge in [-0.3, -0.25) is 4.79 Å². The standard InChI is InChI=1S/C21H27N3O3/c25-20(22-15-18-12-7-13-27-18)19(14-16-8-3-1-4-9-16)24-21(26)23-17-10-5-2-6-11-17/h1,3-4,7-9,12-13,17,19H,2,5-6,10-11,14-15H2,(H,22,25)(H2,23,24,26)/t19-/m1/s1. The van der Waals surface area contributed by atoms with Crippen molar-refractivity contribution in [3.63, 3.8) is 0 Å². The quantitative estimate of drug-likeness (QED) is 0.701. The van der Waals surface area contributed by atoms with Gasteiger partial charge in [-0.15, -0.1) is 0 Å². The number of carbonyl (C=O) groups excluding carboxylic acids is 2. The van der Waals surface area contributed by atoms with Gasteiger partial charge in [0.1, 0.15) is 11.8 Å². The van der Waals surface area contributed by atoms with Crippen LogP contribution in [-0.4, -0.2) is 24.0 Å². The minimum absolute atomic E-state index is 0.197. The zero-order valence-electron chi connectivity index (χ0n) is 15.4. The maximum atomic E-state index is 12.7. The smallest absolute Gasteiger partial charge is 0.315 e. The van der Waals surface area contributed by atoms with Crippen molar-refractivity contribution in [2.45, 2.75) is 57.2 Å². The van der Waals surface area contributed by atoms with Crippen molar-refractivity contribution < 1.29 is 14.0 Å². The van der Waals surface area contributed by atoms with Crippen LogP contribution in [0.3, 0.4) is 0 Å². The average molecular weight is 369 g/mol. The first-order valence-corrected chi connectivity index (χ1v) is 9.62. The van der Waals surface area contributed by atoms with Crippen molar-refractivity contribution >= 4 is 11.9 Å². The summed E-state index contributed by atoms with van der Waals surface area (Å²) in [6.07, 6.45) is 7.51. The van der Waals surface area contributed by atoms with Gasteiger partial charge in [0.25, 0.3) is 0 Å². The van der Waals surface area contributed by atoms with E-state index in [2.05, 4.69) is 16.0 Å². The highest BCUT2D eigenvalue weighted by molar-refractivity contribution is 5.87. The van der Waals surface area contributed by atoms with Gasteiger partial charge in [0.05, 0.1) is 12.8 Å². The van der Waals surface area contributed by atoms with E-state index in [1.165, 1.54) is 6.42 Å². The molecule has 0 aliphatic heterocycles. The number of furan rings is 1. The van der Waals surface area contributed by atoms with E-state index in [0.29, 0.717) is 18.7 Å². The van der Waals surface area contributed by atoms with Gasteiger partial charge < -0.3 is 20.4 Å². The van der Waals surface area contributed by atoms with Crippen LogP contribution in [0.15, 0.2) is 53.1 Å². The molecule has 27 heavy (non-hydrogen) atoms. The molecular formula is C21H27N3O3. The van der Waals surface area contributed by atoms with Crippen LogP contribution in [0, 0.1) is 0 Å². The van der Waals surface area contributed by atoms with Gasteiger partial charge >= 0.3 is 6.03 Å². The number of amides is 3. The first kappa shape index (κ1) is 19.0. The highest BCUT2D eigenvalue weighted by atomic mass is 16.3. The van der Waals surface area contributed by atoms with E-state index in [0.717, 1.165) is 31.2 Å². The van der Waals surface area contributed by atoms with Crippen LogP contribution in [-0.2, 0) is 17.8 Å². The van der Waals surface area contributed by atoms with Gasteiger partial charge in [-0.05, 0) is 30.5 Å². The summed E-state index contributed by atoms with van der Waals surface area (Å²) in [6.45, 7) is 0.295. The predicted octanol–water partition coefficient (Wildman–Crippen LogP) is 3.14. The number of urea groups is 1. The van der Waals surface area contributed by atoms with E-state index in [1.807, 2.05) is 30.3 Å². The van der Waals surface area contributed by atoms with E-state index >= 15 is 0 Å². The van der Waals surface area contributed by atoms with Crippen molar-refractivity contribution in [3.8, 4) is 0 Å². The van der Waals surface area contributed by atoms with Crippen LogP contribution < -0.4 is 16.0 Å². The fourth-order valence-corrected chi connectivity index (χ4v) is 3.40. The van der Waals surface area contributed by atoms with Crippen LogP contribution in [0.5, 0.6) is 0 Å². The molecule has 1 aliphatic carbocycles. The highest BCUT2D eigenvalue weighted by Gasteiger charge is 2.23. The molecular weight excluding hydrogens is 342 g/mol. The second-order valence-electron chi connectivity index (χ2n) is 6.99. The lowest BCUT2D eigenvalue weighted by Crippen LogP contribution is -2.53. The first-order chi connectivity index (χ1) is 13.2. The normalized spacial score (nSPS) is 15.7. The van der Waals surface area contributed by atoms with E-state index < -0.39 is 6.04 Å². The lowest BCUT2D eigenvalue weighted by Gasteiger charge is -2.25. The number of rotatable bonds is 7. The minimum atomic E-state index is -0.647. The molecule has 1 aromatic carbocycles. The molecule has 0 bridgehead atoms. The second-order valence-corrected chi connectivity index (χ2v) is 6.99. The third-order valence-corrected chi connectivity index (χ3v) is 4.86. The third-order valence-electron chi connectivity index (χ3n) is 4.86. The fraction of sp³-hybridized carbons (Fsp3) is 0.429. The summed E-state index contributed by atoms with van der Waals surface area (Å²) in [5, 5.41) is 8.70. The maximum Gasteiger partial charge on any atom is 0.315 e. The summed E-state index contributed by atoms with van der Waals surface area (Å²) >= 11 is 0. The van der Waals surface area contributed by atoms with E-state index in [4.69, 9.17) is 4.42 Å². The molecule has 3 N–H and O–H groups in total. The molecule has 1 heterocycles. The van der Waals surface area contributed by atoms with Crippen molar-refractivity contribution in [1.82, 2.24) is 16.0 Å². The summed E-state index contributed by atoms with van der Waals surface area (Å²) in [5.74, 6) is 0.447. The lowest BCUT2D eigenvalue weighted by atomic mass is 9.96. The number of benzene rings is 1. The Bertz CT molecular complexity index is 710. The largest absolute Gasteiger partial charge is 0.467 e. The van der Waals surface area contributed by atoms with Crippen molar-refractivity contribution in [3.05, 3.63) is 60.1 Å². The zero-order chi connectivity index (χ0) is 18.9. The van der Waals surface area contributed by atoms with Gasteiger partial charge in [-0.2, -0.15) is 0 Å². The third kappa shape index (κ3) is 6.16. The summed E-state index contributed by atoms with van der Waals surface area (Å²) < 4.78 is 5.25. The molecule has 1 fully saturated rings. The van der Waals surface area contributed by atoms with Crippen molar-refractivity contribution in [1.29, 1.82) is 0 Å². The molecule has 0 radical (unpaired) electrons. The average Bonchev–Trinajstić information content (AvgIpc) is 3.21. The second kappa shape index (κ2) is 9.80. The molecule has 6 nitrogen and oxygen atoms in total. The van der Waals surface area contributed by atoms with E-state index in [1.54, 1.807) is 18.4 Å². The van der Waals surface area contributed by atoms with Crippen molar-refractivity contribution in [2.75, 3.05) is 0 Å². The Labute approximate surface area is 159 Å². The van der Waals surface area contributed by atoms with Gasteiger partial charge in [0.15, 0.2) is 0 Å². The summed E-state index contributed by atoms with van der Waals surface area (Å²) in [5.41, 5.74) is 0.994. The first-order valence-electron chi connectivity index (χ1n) is 9.62. The minimum Gasteiger partial charge on any atom is -0.467 e. The predicted molar refractivity (Wildman–Crippen MR) is 103 cm³/mol. The highest BCUT2D eigenvalue weighted by Crippen LogP contribution is 2.17.